The first-order valence-corrected chi connectivity index (χ1v) is 5.53. The summed E-state index contributed by atoms with van der Waals surface area (Å²) in [5, 5.41) is 3.00. The van der Waals surface area contributed by atoms with Crippen molar-refractivity contribution in [3.05, 3.63) is 46.1 Å². The average molecular weight is 233 g/mol. The van der Waals surface area contributed by atoms with Crippen LogP contribution in [-0.4, -0.2) is 9.78 Å². The van der Waals surface area contributed by atoms with Crippen molar-refractivity contribution in [1.29, 1.82) is 0 Å². The number of anilines is 1. The number of aromatic amines is 1. The van der Waals surface area contributed by atoms with Crippen LogP contribution in [-0.2, 0) is 0 Å². The molecule has 1 aromatic heterocycles. The third kappa shape index (κ3) is 1.63. The predicted molar refractivity (Wildman–Crippen MR) is 62.7 cm³/mol. The quantitative estimate of drug-likeness (QED) is 0.830. The summed E-state index contributed by atoms with van der Waals surface area (Å²) in [5.74, 6) is 0.0492. The van der Waals surface area contributed by atoms with Crippen molar-refractivity contribution in [3.63, 3.8) is 0 Å². The molecule has 0 atom stereocenters. The first-order valence-electron chi connectivity index (χ1n) is 5.53. The van der Waals surface area contributed by atoms with Crippen LogP contribution in [0.5, 0.6) is 0 Å². The molecule has 1 saturated carbocycles. The lowest BCUT2D eigenvalue weighted by atomic mass is 10.3. The molecule has 1 heterocycles. The molecular formula is C12H12FN3O. The van der Waals surface area contributed by atoms with Crippen LogP contribution >= 0.6 is 0 Å². The van der Waals surface area contributed by atoms with E-state index in [4.69, 9.17) is 5.73 Å². The van der Waals surface area contributed by atoms with Crippen LogP contribution in [0.1, 0.15) is 24.5 Å². The number of benzene rings is 1. The summed E-state index contributed by atoms with van der Waals surface area (Å²) < 4.78 is 14.2. The zero-order valence-corrected chi connectivity index (χ0v) is 9.11. The summed E-state index contributed by atoms with van der Waals surface area (Å²) in [7, 11) is 0. The second kappa shape index (κ2) is 3.48. The number of hydrogen-bond donors (Lipinski definition) is 2. The molecule has 2 aromatic rings. The Labute approximate surface area is 96.9 Å². The van der Waals surface area contributed by atoms with Gasteiger partial charge in [-0.1, -0.05) is 0 Å². The normalized spacial score (nSPS) is 15.1. The summed E-state index contributed by atoms with van der Waals surface area (Å²) in [5.41, 5.74) is 7.18. The Hall–Kier alpha value is -2.04. The van der Waals surface area contributed by atoms with Crippen molar-refractivity contribution in [2.45, 2.75) is 18.8 Å². The minimum atomic E-state index is -0.330. The largest absolute Gasteiger partial charge is 0.393 e. The van der Waals surface area contributed by atoms with Gasteiger partial charge in [0.05, 0.1) is 11.4 Å². The number of nitrogens with zero attached hydrogens (tertiary/aromatic N) is 1. The van der Waals surface area contributed by atoms with Crippen molar-refractivity contribution < 1.29 is 4.39 Å². The molecule has 1 aromatic carbocycles. The Morgan fingerprint density at radius 1 is 1.29 bits per heavy atom. The first kappa shape index (κ1) is 10.1. The summed E-state index contributed by atoms with van der Waals surface area (Å²) in [6.45, 7) is 0. The maximum Gasteiger partial charge on any atom is 0.294 e. The van der Waals surface area contributed by atoms with Gasteiger partial charge in [-0.25, -0.2) is 9.07 Å². The van der Waals surface area contributed by atoms with Crippen LogP contribution in [0.15, 0.2) is 29.1 Å². The number of aromatic nitrogens is 2. The molecule has 88 valence electrons. The van der Waals surface area contributed by atoms with Gasteiger partial charge in [0.15, 0.2) is 0 Å². The zero-order chi connectivity index (χ0) is 12.0. The highest BCUT2D eigenvalue weighted by atomic mass is 19.1. The van der Waals surface area contributed by atoms with Crippen LogP contribution < -0.4 is 11.3 Å². The van der Waals surface area contributed by atoms with Crippen molar-refractivity contribution in [3.8, 4) is 5.69 Å². The smallest absolute Gasteiger partial charge is 0.294 e. The second-order valence-electron chi connectivity index (χ2n) is 4.33. The van der Waals surface area contributed by atoms with Gasteiger partial charge < -0.3 is 5.73 Å². The molecule has 1 fully saturated rings. The highest BCUT2D eigenvalue weighted by Crippen LogP contribution is 2.40. The van der Waals surface area contributed by atoms with E-state index in [0.29, 0.717) is 11.6 Å². The van der Waals surface area contributed by atoms with Gasteiger partial charge in [0, 0.05) is 5.92 Å². The van der Waals surface area contributed by atoms with Crippen LogP contribution in [0.4, 0.5) is 10.1 Å². The van der Waals surface area contributed by atoms with Gasteiger partial charge in [-0.2, -0.15) is 0 Å². The molecule has 0 aliphatic heterocycles. The minimum absolute atomic E-state index is 0.265. The van der Waals surface area contributed by atoms with Gasteiger partial charge >= 0.3 is 0 Å². The number of hydrogen-bond acceptors (Lipinski definition) is 2. The van der Waals surface area contributed by atoms with Gasteiger partial charge in [0.2, 0.25) is 0 Å². The summed E-state index contributed by atoms with van der Waals surface area (Å²) in [6.07, 6.45) is 2.13. The fraction of sp³-hybridized carbons (Fsp3) is 0.250. The zero-order valence-electron chi connectivity index (χ0n) is 9.11. The molecular weight excluding hydrogens is 221 g/mol. The average Bonchev–Trinajstić information content (AvgIpc) is 3.11. The van der Waals surface area contributed by atoms with Crippen LogP contribution in [0.25, 0.3) is 5.69 Å². The number of nitrogen functional groups attached to an aromatic ring is 1. The molecule has 0 radical (unpaired) electrons. The Bertz CT molecular complexity index is 608. The van der Waals surface area contributed by atoms with E-state index in [-0.39, 0.29) is 17.1 Å². The van der Waals surface area contributed by atoms with Crippen molar-refractivity contribution >= 4 is 5.69 Å². The van der Waals surface area contributed by atoms with Gasteiger partial charge in [-0.05, 0) is 37.1 Å². The van der Waals surface area contributed by atoms with E-state index < -0.39 is 0 Å². The van der Waals surface area contributed by atoms with Crippen molar-refractivity contribution in [2.75, 3.05) is 5.73 Å². The standard InChI is InChI=1S/C12H12FN3O/c13-8-3-5-9(6-4-8)16-12(17)10(14)11(15-16)7-1-2-7/h3-7,15H,1-2,14H2. The van der Waals surface area contributed by atoms with E-state index >= 15 is 0 Å². The van der Waals surface area contributed by atoms with E-state index in [9.17, 15) is 9.18 Å². The molecule has 0 spiro atoms. The molecule has 0 saturated heterocycles. The van der Waals surface area contributed by atoms with E-state index in [0.717, 1.165) is 18.5 Å². The Kier molecular flexibility index (Phi) is 2.07. The number of halogens is 1. The number of rotatable bonds is 2. The Morgan fingerprint density at radius 3 is 2.53 bits per heavy atom. The molecule has 1 aliphatic rings. The highest BCUT2D eigenvalue weighted by Gasteiger charge is 2.29. The second-order valence-corrected chi connectivity index (χ2v) is 4.33. The van der Waals surface area contributed by atoms with Crippen LogP contribution in [0, 0.1) is 5.82 Å². The lowest BCUT2D eigenvalue weighted by molar-refractivity contribution is 0.626. The van der Waals surface area contributed by atoms with E-state index in [2.05, 4.69) is 5.10 Å². The molecule has 4 nitrogen and oxygen atoms in total. The Balaban J connectivity index is 2.11. The number of nitrogens with one attached hydrogen (secondary N) is 1. The topological polar surface area (TPSA) is 63.8 Å². The molecule has 3 N–H and O–H groups in total. The SMILES string of the molecule is Nc1c(C2CC2)[nH]n(-c2ccc(F)cc2)c1=O. The Morgan fingerprint density at radius 2 is 1.94 bits per heavy atom. The lowest BCUT2D eigenvalue weighted by Gasteiger charge is -2.00. The monoisotopic (exact) mass is 233 g/mol. The number of nitrogens with two attached hydrogens (primary N) is 1. The third-order valence-corrected chi connectivity index (χ3v) is 3.03. The van der Waals surface area contributed by atoms with E-state index in [1.54, 1.807) is 12.1 Å². The lowest BCUT2D eigenvalue weighted by Crippen LogP contribution is -2.16. The van der Waals surface area contributed by atoms with E-state index in [1.165, 1.54) is 16.8 Å². The minimum Gasteiger partial charge on any atom is -0.393 e. The third-order valence-electron chi connectivity index (χ3n) is 3.03. The predicted octanol–water partition coefficient (Wildman–Crippen LogP) is 1.76. The van der Waals surface area contributed by atoms with Crippen LogP contribution in [0.3, 0.4) is 0 Å². The molecule has 0 bridgehead atoms. The van der Waals surface area contributed by atoms with Crippen molar-refractivity contribution in [1.82, 2.24) is 9.78 Å². The molecule has 1 aliphatic carbocycles. The van der Waals surface area contributed by atoms with E-state index in [1.807, 2.05) is 0 Å². The fourth-order valence-electron chi connectivity index (χ4n) is 1.92. The van der Waals surface area contributed by atoms with Gasteiger partial charge in [-0.3, -0.25) is 9.89 Å². The first-order chi connectivity index (χ1) is 8.16. The van der Waals surface area contributed by atoms with Crippen molar-refractivity contribution in [2.24, 2.45) is 0 Å². The van der Waals surface area contributed by atoms with Crippen LogP contribution in [0.2, 0.25) is 0 Å². The molecule has 17 heavy (non-hydrogen) atoms. The summed E-state index contributed by atoms with van der Waals surface area (Å²) in [4.78, 5) is 11.9. The highest BCUT2D eigenvalue weighted by molar-refractivity contribution is 5.47. The number of H-pyrrole nitrogens is 1. The summed E-state index contributed by atoms with van der Waals surface area (Å²) in [6, 6.07) is 5.72. The van der Waals surface area contributed by atoms with Gasteiger partial charge in [0.1, 0.15) is 11.5 Å². The molecule has 5 heteroatoms. The maximum atomic E-state index is 12.8. The summed E-state index contributed by atoms with van der Waals surface area (Å²) >= 11 is 0. The fourth-order valence-corrected chi connectivity index (χ4v) is 1.92. The molecule has 0 amide bonds. The molecule has 3 rings (SSSR count). The maximum absolute atomic E-state index is 12.8. The van der Waals surface area contributed by atoms with Gasteiger partial charge in [0.25, 0.3) is 5.56 Å². The molecule has 0 unspecified atom stereocenters. The van der Waals surface area contributed by atoms with Gasteiger partial charge in [-0.15, -0.1) is 0 Å².